The lowest BCUT2D eigenvalue weighted by Gasteiger charge is -2.12. The second-order valence-corrected chi connectivity index (χ2v) is 5.05. The summed E-state index contributed by atoms with van der Waals surface area (Å²) in [5.41, 5.74) is 3.36. The molecule has 0 spiro atoms. The normalized spacial score (nSPS) is 12.3. The van der Waals surface area contributed by atoms with Crippen LogP contribution in [-0.2, 0) is 16.0 Å². The molecule has 0 aliphatic carbocycles. The summed E-state index contributed by atoms with van der Waals surface area (Å²) in [6.07, 6.45) is 0.507. The van der Waals surface area contributed by atoms with Crippen LogP contribution < -0.4 is 5.32 Å². The number of aromatic nitrogens is 1. The fraction of sp³-hybridized carbons (Fsp3) is 0.308. The van der Waals surface area contributed by atoms with Crippen LogP contribution in [0.4, 0.5) is 0 Å². The Balaban J connectivity index is 2.10. The van der Waals surface area contributed by atoms with Gasteiger partial charge in [-0.25, -0.2) is 9.78 Å². The van der Waals surface area contributed by atoms with Gasteiger partial charge in [-0.15, -0.1) is 11.3 Å². The lowest BCUT2D eigenvalue weighted by atomic mass is 10.1. The lowest BCUT2D eigenvalue weighted by molar-refractivity contribution is -0.141. The summed E-state index contributed by atoms with van der Waals surface area (Å²) < 4.78 is 1.02. The van der Waals surface area contributed by atoms with Gasteiger partial charge in [-0.1, -0.05) is 19.1 Å². The van der Waals surface area contributed by atoms with Gasteiger partial charge in [-0.3, -0.25) is 4.79 Å². The molecule has 1 aromatic carbocycles. The first-order chi connectivity index (χ1) is 9.11. The van der Waals surface area contributed by atoms with E-state index in [1.807, 2.05) is 18.2 Å². The average Bonchev–Trinajstić information content (AvgIpc) is 2.85. The average molecular weight is 278 g/mol. The number of thiazole rings is 1. The van der Waals surface area contributed by atoms with Crippen LogP contribution in [0.3, 0.4) is 0 Å². The van der Waals surface area contributed by atoms with Crippen molar-refractivity contribution in [3.63, 3.8) is 0 Å². The molecule has 5 nitrogen and oxygen atoms in total. The van der Waals surface area contributed by atoms with E-state index < -0.39 is 12.0 Å². The topological polar surface area (TPSA) is 79.3 Å². The van der Waals surface area contributed by atoms with Crippen LogP contribution in [0.25, 0.3) is 10.2 Å². The maximum Gasteiger partial charge on any atom is 0.326 e. The Morgan fingerprint density at radius 2 is 2.26 bits per heavy atom. The minimum Gasteiger partial charge on any atom is -0.480 e. The number of benzene rings is 1. The van der Waals surface area contributed by atoms with Crippen molar-refractivity contribution in [3.8, 4) is 0 Å². The van der Waals surface area contributed by atoms with Gasteiger partial charge in [0.1, 0.15) is 6.04 Å². The van der Waals surface area contributed by atoms with E-state index in [2.05, 4.69) is 10.3 Å². The van der Waals surface area contributed by atoms with E-state index in [1.54, 1.807) is 12.4 Å². The van der Waals surface area contributed by atoms with Crippen LogP contribution in [0, 0.1) is 0 Å². The molecule has 0 aliphatic heterocycles. The molecule has 0 bridgehead atoms. The van der Waals surface area contributed by atoms with E-state index >= 15 is 0 Å². The predicted molar refractivity (Wildman–Crippen MR) is 73.2 cm³/mol. The van der Waals surface area contributed by atoms with Gasteiger partial charge in [-0.05, 0) is 18.1 Å². The van der Waals surface area contributed by atoms with Crippen LogP contribution in [0.1, 0.15) is 18.9 Å². The summed E-state index contributed by atoms with van der Waals surface area (Å²) in [5.74, 6) is -1.31. The van der Waals surface area contributed by atoms with Crippen LogP contribution in [0.15, 0.2) is 23.7 Å². The molecular weight excluding hydrogens is 264 g/mol. The number of hydrogen-bond donors (Lipinski definition) is 2. The smallest absolute Gasteiger partial charge is 0.326 e. The first-order valence-electron chi connectivity index (χ1n) is 5.95. The van der Waals surface area contributed by atoms with E-state index in [1.165, 1.54) is 11.3 Å². The van der Waals surface area contributed by atoms with Crippen LogP contribution in [0.5, 0.6) is 0 Å². The lowest BCUT2D eigenvalue weighted by Crippen LogP contribution is -2.41. The zero-order chi connectivity index (χ0) is 13.8. The number of amides is 1. The molecular formula is C13H14N2O3S. The van der Waals surface area contributed by atoms with Crippen molar-refractivity contribution >= 4 is 33.4 Å². The number of para-hydroxylation sites is 1. The molecule has 2 aromatic rings. The molecule has 0 radical (unpaired) electrons. The van der Waals surface area contributed by atoms with Crippen molar-refractivity contribution in [2.24, 2.45) is 0 Å². The first-order valence-corrected chi connectivity index (χ1v) is 6.83. The molecule has 2 N–H and O–H groups in total. The molecule has 1 amide bonds. The van der Waals surface area contributed by atoms with Crippen LogP contribution >= 0.6 is 11.3 Å². The highest BCUT2D eigenvalue weighted by molar-refractivity contribution is 7.16. The highest BCUT2D eigenvalue weighted by atomic mass is 32.1. The molecule has 1 heterocycles. The van der Waals surface area contributed by atoms with E-state index in [-0.39, 0.29) is 12.3 Å². The summed E-state index contributed by atoms with van der Waals surface area (Å²) in [5, 5.41) is 11.4. The number of carbonyl (C=O) groups is 2. The SMILES string of the molecule is CCC(NC(=O)Cc1cccc2scnc12)C(=O)O. The Kier molecular flexibility index (Phi) is 4.11. The molecule has 19 heavy (non-hydrogen) atoms. The van der Waals surface area contributed by atoms with Gasteiger partial charge in [0.2, 0.25) is 5.91 Å². The first kappa shape index (κ1) is 13.5. The number of carboxylic acids is 1. The zero-order valence-corrected chi connectivity index (χ0v) is 11.2. The zero-order valence-electron chi connectivity index (χ0n) is 10.4. The molecule has 0 saturated heterocycles. The van der Waals surface area contributed by atoms with Crippen LogP contribution in [0.2, 0.25) is 0 Å². The molecule has 0 fully saturated rings. The third-order valence-corrected chi connectivity index (χ3v) is 3.63. The number of carbonyl (C=O) groups excluding carboxylic acids is 1. The van der Waals surface area contributed by atoms with Gasteiger partial charge in [0.25, 0.3) is 0 Å². The number of hydrogen-bond acceptors (Lipinski definition) is 4. The third kappa shape index (κ3) is 3.08. The third-order valence-electron chi connectivity index (χ3n) is 2.84. The number of rotatable bonds is 5. The largest absolute Gasteiger partial charge is 0.480 e. The Morgan fingerprint density at radius 3 is 2.95 bits per heavy atom. The van der Waals surface area contributed by atoms with Crippen molar-refractivity contribution in [1.29, 1.82) is 0 Å². The Labute approximate surface area is 114 Å². The summed E-state index contributed by atoms with van der Waals surface area (Å²) in [4.78, 5) is 26.9. The fourth-order valence-electron chi connectivity index (χ4n) is 1.84. The van der Waals surface area contributed by atoms with Gasteiger partial charge >= 0.3 is 5.97 Å². The minimum absolute atomic E-state index is 0.144. The maximum absolute atomic E-state index is 11.9. The Morgan fingerprint density at radius 1 is 1.47 bits per heavy atom. The molecule has 0 aliphatic rings. The number of nitrogens with zero attached hydrogens (tertiary/aromatic N) is 1. The van der Waals surface area contributed by atoms with Crippen molar-refractivity contribution in [2.45, 2.75) is 25.8 Å². The second-order valence-electron chi connectivity index (χ2n) is 4.16. The van der Waals surface area contributed by atoms with E-state index in [4.69, 9.17) is 5.11 Å². The maximum atomic E-state index is 11.9. The number of carboxylic acid groups (broad SMARTS) is 1. The van der Waals surface area contributed by atoms with Gasteiger partial charge in [0.05, 0.1) is 22.1 Å². The van der Waals surface area contributed by atoms with Crippen molar-refractivity contribution in [3.05, 3.63) is 29.3 Å². The number of fused-ring (bicyclic) bond motifs is 1. The predicted octanol–water partition coefficient (Wildman–Crippen LogP) is 1.82. The Bertz CT molecular complexity index is 609. The molecule has 100 valence electrons. The highest BCUT2D eigenvalue weighted by Crippen LogP contribution is 2.21. The fourth-order valence-corrected chi connectivity index (χ4v) is 2.57. The summed E-state index contributed by atoms with van der Waals surface area (Å²) in [7, 11) is 0. The van der Waals surface area contributed by atoms with Gasteiger partial charge in [0, 0.05) is 0 Å². The van der Waals surface area contributed by atoms with Gasteiger partial charge < -0.3 is 10.4 Å². The molecule has 1 atom stereocenters. The molecule has 2 rings (SSSR count). The molecule has 0 saturated carbocycles. The van der Waals surface area contributed by atoms with Crippen molar-refractivity contribution in [2.75, 3.05) is 0 Å². The quantitative estimate of drug-likeness (QED) is 0.874. The molecule has 1 aromatic heterocycles. The van der Waals surface area contributed by atoms with E-state index in [0.29, 0.717) is 6.42 Å². The summed E-state index contributed by atoms with van der Waals surface area (Å²) >= 11 is 1.51. The molecule has 1 unspecified atom stereocenters. The second kappa shape index (κ2) is 5.79. The van der Waals surface area contributed by atoms with Gasteiger partial charge in [-0.2, -0.15) is 0 Å². The number of nitrogens with one attached hydrogen (secondary N) is 1. The van der Waals surface area contributed by atoms with Crippen molar-refractivity contribution < 1.29 is 14.7 Å². The monoisotopic (exact) mass is 278 g/mol. The highest BCUT2D eigenvalue weighted by Gasteiger charge is 2.18. The minimum atomic E-state index is -1.01. The number of aliphatic carboxylic acids is 1. The van der Waals surface area contributed by atoms with E-state index in [9.17, 15) is 9.59 Å². The standard InChI is InChI=1S/C13H14N2O3S/c1-2-9(13(17)18)15-11(16)6-8-4-3-5-10-12(8)14-7-19-10/h3-5,7,9H,2,6H2,1H3,(H,15,16)(H,17,18). The van der Waals surface area contributed by atoms with Crippen LogP contribution in [-0.4, -0.2) is 28.0 Å². The van der Waals surface area contributed by atoms with Gasteiger partial charge in [0.15, 0.2) is 0 Å². The van der Waals surface area contributed by atoms with E-state index in [0.717, 1.165) is 15.8 Å². The summed E-state index contributed by atoms with van der Waals surface area (Å²) in [6, 6.07) is 4.82. The summed E-state index contributed by atoms with van der Waals surface area (Å²) in [6.45, 7) is 1.72. The van der Waals surface area contributed by atoms with Crippen molar-refractivity contribution in [1.82, 2.24) is 10.3 Å². The molecule has 6 heteroatoms. The Hall–Kier alpha value is -1.95.